The van der Waals surface area contributed by atoms with Gasteiger partial charge in [0.25, 0.3) is 0 Å². The molecule has 0 amide bonds. The van der Waals surface area contributed by atoms with Crippen LogP contribution in [-0.2, 0) is 0 Å². The molecule has 1 heterocycles. The lowest BCUT2D eigenvalue weighted by atomic mass is 10.0. The molecule has 0 spiro atoms. The van der Waals surface area contributed by atoms with Crippen LogP contribution in [-0.4, -0.2) is 24.7 Å². The number of benzene rings is 1. The second-order valence-corrected chi connectivity index (χ2v) is 4.35. The monoisotopic (exact) mass is 220 g/mol. The average Bonchev–Trinajstić information content (AvgIpc) is 2.83. The van der Waals surface area contributed by atoms with Gasteiger partial charge in [0.15, 0.2) is 0 Å². The van der Waals surface area contributed by atoms with E-state index in [4.69, 9.17) is 5.73 Å². The van der Waals surface area contributed by atoms with Crippen molar-refractivity contribution in [1.29, 1.82) is 0 Å². The van der Waals surface area contributed by atoms with Gasteiger partial charge in [-0.15, -0.1) is 0 Å². The van der Waals surface area contributed by atoms with E-state index < -0.39 is 6.10 Å². The Labute approximate surface area is 96.9 Å². The van der Waals surface area contributed by atoms with Crippen LogP contribution < -0.4 is 10.6 Å². The number of aliphatic hydroxyl groups excluding tert-OH is 1. The molecule has 2 rings (SSSR count). The van der Waals surface area contributed by atoms with Gasteiger partial charge in [0.1, 0.15) is 0 Å². The van der Waals surface area contributed by atoms with Crippen LogP contribution in [0.1, 0.15) is 30.9 Å². The van der Waals surface area contributed by atoms with Crippen LogP contribution in [0.15, 0.2) is 24.3 Å². The zero-order valence-electron chi connectivity index (χ0n) is 9.60. The topological polar surface area (TPSA) is 49.5 Å². The Bertz CT molecular complexity index is 334. The van der Waals surface area contributed by atoms with Crippen LogP contribution in [0.25, 0.3) is 0 Å². The number of nitrogens with two attached hydrogens (primary N) is 1. The lowest BCUT2D eigenvalue weighted by Crippen LogP contribution is -2.20. The highest BCUT2D eigenvalue weighted by Crippen LogP contribution is 2.30. The van der Waals surface area contributed by atoms with E-state index in [1.807, 2.05) is 18.2 Å². The van der Waals surface area contributed by atoms with Crippen molar-refractivity contribution in [3.8, 4) is 0 Å². The Morgan fingerprint density at radius 1 is 1.25 bits per heavy atom. The first-order valence-electron chi connectivity index (χ1n) is 6.05. The van der Waals surface area contributed by atoms with Crippen LogP contribution in [0.5, 0.6) is 0 Å². The molecule has 0 bridgehead atoms. The molecule has 0 aromatic heterocycles. The van der Waals surface area contributed by atoms with Crippen molar-refractivity contribution in [2.45, 2.75) is 25.4 Å². The number of anilines is 1. The van der Waals surface area contributed by atoms with Crippen molar-refractivity contribution in [2.24, 2.45) is 5.73 Å². The van der Waals surface area contributed by atoms with Crippen molar-refractivity contribution >= 4 is 5.69 Å². The van der Waals surface area contributed by atoms with E-state index in [0.717, 1.165) is 18.7 Å². The zero-order valence-corrected chi connectivity index (χ0v) is 9.60. The predicted octanol–water partition coefficient (Wildman–Crippen LogP) is 1.67. The summed E-state index contributed by atoms with van der Waals surface area (Å²) in [5.74, 6) is 0. The summed E-state index contributed by atoms with van der Waals surface area (Å²) in [6.45, 7) is 2.73. The van der Waals surface area contributed by atoms with Crippen LogP contribution in [0, 0.1) is 0 Å². The number of para-hydroxylation sites is 1. The maximum Gasteiger partial charge on any atom is 0.0822 e. The maximum atomic E-state index is 10.1. The fourth-order valence-electron chi connectivity index (χ4n) is 2.33. The van der Waals surface area contributed by atoms with Crippen LogP contribution in [0.2, 0.25) is 0 Å². The number of rotatable bonds is 4. The molecule has 0 aliphatic carbocycles. The molecular weight excluding hydrogens is 200 g/mol. The van der Waals surface area contributed by atoms with E-state index in [1.165, 1.54) is 18.5 Å². The van der Waals surface area contributed by atoms with Gasteiger partial charge in [-0.3, -0.25) is 0 Å². The van der Waals surface area contributed by atoms with Gasteiger partial charge in [-0.05, 0) is 31.9 Å². The van der Waals surface area contributed by atoms with Crippen molar-refractivity contribution in [3.63, 3.8) is 0 Å². The smallest absolute Gasteiger partial charge is 0.0822 e. The Morgan fingerprint density at radius 3 is 2.62 bits per heavy atom. The molecule has 1 aromatic carbocycles. The number of nitrogens with zero attached hydrogens (tertiary/aromatic N) is 1. The van der Waals surface area contributed by atoms with Gasteiger partial charge >= 0.3 is 0 Å². The number of hydrogen-bond acceptors (Lipinski definition) is 3. The molecular formula is C13H20N2O. The fourth-order valence-corrected chi connectivity index (χ4v) is 2.33. The highest BCUT2D eigenvalue weighted by atomic mass is 16.3. The third-order valence-electron chi connectivity index (χ3n) is 3.18. The molecule has 3 heteroatoms. The highest BCUT2D eigenvalue weighted by molar-refractivity contribution is 5.55. The lowest BCUT2D eigenvalue weighted by molar-refractivity contribution is 0.170. The van der Waals surface area contributed by atoms with E-state index in [0.29, 0.717) is 13.0 Å². The zero-order chi connectivity index (χ0) is 11.4. The minimum Gasteiger partial charge on any atom is -0.388 e. The summed E-state index contributed by atoms with van der Waals surface area (Å²) in [6, 6.07) is 8.12. The Balaban J connectivity index is 2.22. The second kappa shape index (κ2) is 5.32. The quantitative estimate of drug-likeness (QED) is 0.811. The van der Waals surface area contributed by atoms with Gasteiger partial charge in [0, 0.05) is 24.3 Å². The fraction of sp³-hybridized carbons (Fsp3) is 0.538. The van der Waals surface area contributed by atoms with Gasteiger partial charge in [0.2, 0.25) is 0 Å². The van der Waals surface area contributed by atoms with E-state index in [-0.39, 0.29) is 0 Å². The van der Waals surface area contributed by atoms with E-state index in [9.17, 15) is 5.11 Å². The van der Waals surface area contributed by atoms with Crippen LogP contribution >= 0.6 is 0 Å². The summed E-state index contributed by atoms with van der Waals surface area (Å²) in [5, 5.41) is 10.1. The number of aliphatic hydroxyl groups is 1. The normalized spacial score (nSPS) is 17.8. The third-order valence-corrected chi connectivity index (χ3v) is 3.18. The summed E-state index contributed by atoms with van der Waals surface area (Å²) in [6.07, 6.45) is 2.70. The Kier molecular flexibility index (Phi) is 3.80. The molecule has 0 unspecified atom stereocenters. The van der Waals surface area contributed by atoms with Gasteiger partial charge in [0.05, 0.1) is 6.10 Å². The molecule has 1 atom stereocenters. The summed E-state index contributed by atoms with van der Waals surface area (Å²) in [5.41, 5.74) is 7.70. The van der Waals surface area contributed by atoms with E-state index >= 15 is 0 Å². The standard InChI is InChI=1S/C13H20N2O/c14-8-7-13(16)11-5-1-2-6-12(11)15-9-3-4-10-15/h1-2,5-6,13,16H,3-4,7-10,14H2/t13-/m0/s1. The molecule has 16 heavy (non-hydrogen) atoms. The molecule has 0 radical (unpaired) electrons. The molecule has 1 aromatic rings. The van der Waals surface area contributed by atoms with E-state index in [1.54, 1.807) is 0 Å². The van der Waals surface area contributed by atoms with Crippen molar-refractivity contribution in [2.75, 3.05) is 24.5 Å². The Morgan fingerprint density at radius 2 is 1.94 bits per heavy atom. The SMILES string of the molecule is NCC[C@H](O)c1ccccc1N1CCCC1. The van der Waals surface area contributed by atoms with Gasteiger partial charge < -0.3 is 15.7 Å². The third kappa shape index (κ3) is 2.36. The summed E-state index contributed by atoms with van der Waals surface area (Å²) >= 11 is 0. The molecule has 88 valence electrons. The predicted molar refractivity (Wildman–Crippen MR) is 66.5 cm³/mol. The molecule has 0 saturated carbocycles. The minimum absolute atomic E-state index is 0.429. The van der Waals surface area contributed by atoms with Gasteiger partial charge in [-0.25, -0.2) is 0 Å². The number of hydrogen-bond donors (Lipinski definition) is 2. The highest BCUT2D eigenvalue weighted by Gasteiger charge is 2.18. The lowest BCUT2D eigenvalue weighted by Gasteiger charge is -2.23. The van der Waals surface area contributed by atoms with Crippen LogP contribution in [0.4, 0.5) is 5.69 Å². The molecule has 1 aliphatic heterocycles. The average molecular weight is 220 g/mol. The molecule has 3 nitrogen and oxygen atoms in total. The van der Waals surface area contributed by atoms with Crippen molar-refractivity contribution in [1.82, 2.24) is 0 Å². The molecule has 3 N–H and O–H groups in total. The van der Waals surface area contributed by atoms with E-state index in [2.05, 4.69) is 11.0 Å². The summed E-state index contributed by atoms with van der Waals surface area (Å²) in [4.78, 5) is 2.36. The molecule has 1 saturated heterocycles. The molecule has 1 aliphatic rings. The largest absolute Gasteiger partial charge is 0.388 e. The summed E-state index contributed by atoms with van der Waals surface area (Å²) in [7, 11) is 0. The van der Waals surface area contributed by atoms with Crippen molar-refractivity contribution in [3.05, 3.63) is 29.8 Å². The van der Waals surface area contributed by atoms with Gasteiger partial charge in [-0.2, -0.15) is 0 Å². The Hall–Kier alpha value is -1.06. The van der Waals surface area contributed by atoms with Crippen molar-refractivity contribution < 1.29 is 5.11 Å². The first kappa shape index (κ1) is 11.4. The van der Waals surface area contributed by atoms with Gasteiger partial charge in [-0.1, -0.05) is 18.2 Å². The second-order valence-electron chi connectivity index (χ2n) is 4.35. The first-order valence-corrected chi connectivity index (χ1v) is 6.05. The first-order chi connectivity index (χ1) is 7.83. The maximum absolute atomic E-state index is 10.1. The molecule has 1 fully saturated rings. The minimum atomic E-state index is -0.429. The summed E-state index contributed by atoms with van der Waals surface area (Å²) < 4.78 is 0. The van der Waals surface area contributed by atoms with Crippen LogP contribution in [0.3, 0.4) is 0 Å².